The van der Waals surface area contributed by atoms with E-state index in [9.17, 15) is 0 Å². The lowest BCUT2D eigenvalue weighted by Crippen LogP contribution is -2.30. The normalized spacial score (nSPS) is 14.4. The van der Waals surface area contributed by atoms with Gasteiger partial charge in [-0.2, -0.15) is 0 Å². The van der Waals surface area contributed by atoms with Gasteiger partial charge in [0, 0.05) is 16.3 Å². The van der Waals surface area contributed by atoms with Crippen LogP contribution in [0.3, 0.4) is 0 Å². The van der Waals surface area contributed by atoms with Gasteiger partial charge in [0.2, 0.25) is 0 Å². The van der Waals surface area contributed by atoms with Crippen molar-refractivity contribution in [1.82, 2.24) is 0 Å². The lowest BCUT2D eigenvalue weighted by Gasteiger charge is -2.36. The quantitative estimate of drug-likeness (QED) is 0.138. The van der Waals surface area contributed by atoms with Gasteiger partial charge in [-0.3, -0.25) is 0 Å². The predicted octanol–water partition coefficient (Wildman–Crippen LogP) is 22.5. The Hall–Kier alpha value is -10.9. The van der Waals surface area contributed by atoms with Gasteiger partial charge in [-0.05, 0) is 187 Å². The maximum Gasteiger partial charge on any atom is 0.143 e. The van der Waals surface area contributed by atoms with Crippen molar-refractivity contribution in [3.63, 3.8) is 0 Å². The van der Waals surface area contributed by atoms with Gasteiger partial charge in [-0.15, -0.1) is 0 Å². The van der Waals surface area contributed by atoms with E-state index in [1.807, 2.05) is 0 Å². The molecule has 0 saturated carbocycles. The third kappa shape index (κ3) is 7.15. The molecule has 0 spiro atoms. The summed E-state index contributed by atoms with van der Waals surface area (Å²) >= 11 is 0. The standard InChI is InChI=1S/C86H56O/c1-5-27-61(28-6-1)85(62-29-7-2-8-30-62)76-41-20-17-36-66(76)68-47-45-59(53-78(68)85)81-70-38-15-16-39-71(70)82(60-46-48-69-67-37-18-21-42-77(67)86(79(69)54-60,63-31-9-3-10-32-63)64-33-11-4-12-34-64)75-51-56(44-49-72(75)81)55-25-23-26-57(50-55)74-52-58-24-13-14-35-65(58)83-73-40-19-22-43-80(73)87-84(74)83/h1-20,22-41,43-54H,21,42H2. The minimum absolute atomic E-state index is 0.481. The number of hydrogen-bond donors (Lipinski definition) is 0. The van der Waals surface area contributed by atoms with Gasteiger partial charge in [0.15, 0.2) is 0 Å². The van der Waals surface area contributed by atoms with Gasteiger partial charge in [0.25, 0.3) is 0 Å². The van der Waals surface area contributed by atoms with Crippen LogP contribution in [0.1, 0.15) is 57.3 Å². The molecule has 0 unspecified atom stereocenters. The molecule has 0 amide bonds. The number of benzene rings is 14. The van der Waals surface area contributed by atoms with Gasteiger partial charge in [0.05, 0.1) is 10.8 Å². The molecule has 3 aliphatic carbocycles. The Bertz CT molecular complexity index is 5290. The summed E-state index contributed by atoms with van der Waals surface area (Å²) in [5, 5.41) is 9.54. The second-order valence-electron chi connectivity index (χ2n) is 23.9. The van der Waals surface area contributed by atoms with Crippen LogP contribution < -0.4 is 0 Å². The molecular formula is C86H56O. The van der Waals surface area contributed by atoms with Crippen LogP contribution in [-0.2, 0) is 10.8 Å². The molecule has 0 bridgehead atoms. The molecule has 1 aromatic heterocycles. The molecule has 0 saturated heterocycles. The Morgan fingerprint density at radius 1 is 0.299 bits per heavy atom. The molecule has 0 radical (unpaired) electrons. The topological polar surface area (TPSA) is 13.1 Å². The summed E-state index contributed by atoms with van der Waals surface area (Å²) in [5.74, 6) is 0. The Morgan fingerprint density at radius 3 is 1.49 bits per heavy atom. The molecular weight excluding hydrogens is 1050 g/mol. The first-order chi connectivity index (χ1) is 43.2. The first-order valence-corrected chi connectivity index (χ1v) is 30.6. The number of para-hydroxylation sites is 1. The van der Waals surface area contributed by atoms with Crippen molar-refractivity contribution in [1.29, 1.82) is 0 Å². The first kappa shape index (κ1) is 49.6. The van der Waals surface area contributed by atoms with Crippen molar-refractivity contribution in [2.24, 2.45) is 0 Å². The fourth-order valence-corrected chi connectivity index (χ4v) is 16.2. The monoisotopic (exact) mass is 1100 g/mol. The summed E-state index contributed by atoms with van der Waals surface area (Å²) in [4.78, 5) is 0. The molecule has 1 heteroatoms. The molecule has 3 aliphatic rings. The number of rotatable bonds is 8. The van der Waals surface area contributed by atoms with Gasteiger partial charge >= 0.3 is 0 Å². The summed E-state index contributed by atoms with van der Waals surface area (Å²) in [6.45, 7) is 0. The van der Waals surface area contributed by atoms with Crippen LogP contribution in [0.2, 0.25) is 0 Å². The molecule has 0 N–H and O–H groups in total. The fourth-order valence-electron chi connectivity index (χ4n) is 16.2. The highest BCUT2D eigenvalue weighted by molar-refractivity contribution is 6.24. The predicted molar refractivity (Wildman–Crippen MR) is 363 cm³/mol. The average molecular weight is 1110 g/mol. The van der Waals surface area contributed by atoms with Crippen LogP contribution in [0.15, 0.2) is 325 Å². The van der Waals surface area contributed by atoms with Gasteiger partial charge < -0.3 is 4.42 Å². The average Bonchev–Trinajstić information content (AvgIpc) is 1.79. The summed E-state index contributed by atoms with van der Waals surface area (Å²) in [6, 6.07) is 114. The van der Waals surface area contributed by atoms with Crippen molar-refractivity contribution in [3.8, 4) is 55.6 Å². The zero-order valence-electron chi connectivity index (χ0n) is 47.8. The fraction of sp³-hybridized carbons (Fsp3) is 0.0465. The van der Waals surface area contributed by atoms with Gasteiger partial charge in [0.1, 0.15) is 11.2 Å². The highest BCUT2D eigenvalue weighted by Gasteiger charge is 2.48. The van der Waals surface area contributed by atoms with E-state index in [1.54, 1.807) is 0 Å². The molecule has 15 aromatic rings. The van der Waals surface area contributed by atoms with E-state index in [-0.39, 0.29) is 0 Å². The Labute approximate surface area is 506 Å². The third-order valence-electron chi connectivity index (χ3n) is 19.7. The Kier molecular flexibility index (Phi) is 11.0. The lowest BCUT2D eigenvalue weighted by atomic mass is 9.65. The maximum absolute atomic E-state index is 6.85. The van der Waals surface area contributed by atoms with Crippen molar-refractivity contribution in [2.45, 2.75) is 23.7 Å². The first-order valence-electron chi connectivity index (χ1n) is 30.6. The Balaban J connectivity index is 0.912. The molecule has 14 aromatic carbocycles. The SMILES string of the molecule is C1=CC2=C(CC1)C(c1ccccc1)(c1ccccc1)c1cc(-c3c4ccccc4c(-c4ccc5c(c4)C(c4ccccc4)(c4ccccc4)c4ccccc4-5)c4ccc(-c5cccc(-c6cc7ccccc7c7c6oc6ccccc67)c5)cc34)ccc12. The number of fused-ring (bicyclic) bond motifs is 12. The molecule has 1 heterocycles. The molecule has 18 rings (SSSR count). The number of furan rings is 1. The molecule has 1 nitrogen and oxygen atoms in total. The minimum atomic E-state index is -0.552. The van der Waals surface area contributed by atoms with Crippen LogP contribution in [0, 0.1) is 0 Å². The van der Waals surface area contributed by atoms with E-state index in [1.165, 1.54) is 121 Å². The Morgan fingerprint density at radius 2 is 0.805 bits per heavy atom. The summed E-state index contributed by atoms with van der Waals surface area (Å²) in [6.07, 6.45) is 6.78. The van der Waals surface area contributed by atoms with Gasteiger partial charge in [-0.1, -0.05) is 279 Å². The molecule has 406 valence electrons. The lowest BCUT2D eigenvalue weighted by molar-refractivity contribution is 0.670. The van der Waals surface area contributed by atoms with Crippen LogP contribution >= 0.6 is 0 Å². The second-order valence-corrected chi connectivity index (χ2v) is 23.9. The van der Waals surface area contributed by atoms with E-state index in [0.717, 1.165) is 57.0 Å². The van der Waals surface area contributed by atoms with Crippen LogP contribution in [-0.4, -0.2) is 0 Å². The van der Waals surface area contributed by atoms with Crippen molar-refractivity contribution in [3.05, 3.63) is 366 Å². The number of hydrogen-bond acceptors (Lipinski definition) is 1. The highest BCUT2D eigenvalue weighted by Crippen LogP contribution is 2.60. The third-order valence-corrected chi connectivity index (χ3v) is 19.7. The zero-order chi connectivity index (χ0) is 57.2. The van der Waals surface area contributed by atoms with Crippen LogP contribution in [0.5, 0.6) is 0 Å². The van der Waals surface area contributed by atoms with E-state index in [0.29, 0.717) is 0 Å². The second kappa shape index (κ2) is 19.3. The van der Waals surface area contributed by atoms with Gasteiger partial charge in [-0.25, -0.2) is 0 Å². The zero-order valence-corrected chi connectivity index (χ0v) is 47.8. The largest absolute Gasteiger partial charge is 0.455 e. The van der Waals surface area contributed by atoms with Crippen LogP contribution in [0.25, 0.3) is 115 Å². The molecule has 0 aliphatic heterocycles. The number of allylic oxidation sites excluding steroid dienone is 4. The van der Waals surface area contributed by atoms with Crippen molar-refractivity contribution in [2.75, 3.05) is 0 Å². The van der Waals surface area contributed by atoms with E-state index < -0.39 is 10.8 Å². The van der Waals surface area contributed by atoms with E-state index >= 15 is 0 Å². The highest BCUT2D eigenvalue weighted by atomic mass is 16.3. The van der Waals surface area contributed by atoms with E-state index in [2.05, 4.69) is 315 Å². The minimum Gasteiger partial charge on any atom is -0.455 e. The summed E-state index contributed by atoms with van der Waals surface area (Å²) < 4.78 is 6.85. The summed E-state index contributed by atoms with van der Waals surface area (Å²) in [5.41, 5.74) is 25.9. The van der Waals surface area contributed by atoms with Crippen LogP contribution in [0.4, 0.5) is 0 Å². The van der Waals surface area contributed by atoms with Crippen molar-refractivity contribution < 1.29 is 4.42 Å². The smallest absolute Gasteiger partial charge is 0.143 e. The molecule has 0 fully saturated rings. The molecule has 0 atom stereocenters. The summed E-state index contributed by atoms with van der Waals surface area (Å²) in [7, 11) is 0. The maximum atomic E-state index is 6.85. The molecule has 87 heavy (non-hydrogen) atoms. The van der Waals surface area contributed by atoms with E-state index in [4.69, 9.17) is 4.42 Å². The van der Waals surface area contributed by atoms with Crippen molar-refractivity contribution >= 4 is 59.8 Å².